The molecule has 0 N–H and O–H groups in total. The predicted octanol–water partition coefficient (Wildman–Crippen LogP) is 2.87. The summed E-state index contributed by atoms with van der Waals surface area (Å²) in [5, 5.41) is 0.901. The van der Waals surface area contributed by atoms with E-state index in [1.165, 1.54) is 6.07 Å². The van der Waals surface area contributed by atoms with Gasteiger partial charge in [0.15, 0.2) is 0 Å². The number of fused-ring (bicyclic) bond motifs is 3. The van der Waals surface area contributed by atoms with Gasteiger partial charge in [-0.25, -0.2) is 4.79 Å². The summed E-state index contributed by atoms with van der Waals surface area (Å²) in [5.41, 5.74) is 0.888. The lowest BCUT2D eigenvalue weighted by molar-refractivity contribution is -0.140. The normalized spacial score (nSPS) is 18.4. The van der Waals surface area contributed by atoms with Crippen LogP contribution in [0.25, 0.3) is 11.0 Å². The average Bonchev–Trinajstić information content (AvgIpc) is 2.69. The van der Waals surface area contributed by atoms with Crippen molar-refractivity contribution in [3.63, 3.8) is 0 Å². The van der Waals surface area contributed by atoms with E-state index in [9.17, 15) is 4.79 Å². The summed E-state index contributed by atoms with van der Waals surface area (Å²) in [5.74, 6) is 0.733. The molecular formula is C15H16O4. The highest BCUT2D eigenvalue weighted by atomic mass is 16.7. The molecule has 4 heteroatoms. The van der Waals surface area contributed by atoms with Crippen molar-refractivity contribution in [2.24, 2.45) is 0 Å². The lowest BCUT2D eigenvalue weighted by Crippen LogP contribution is -2.30. The maximum absolute atomic E-state index is 11.4. The molecule has 0 aliphatic carbocycles. The molecule has 0 saturated heterocycles. The molecule has 19 heavy (non-hydrogen) atoms. The van der Waals surface area contributed by atoms with Crippen molar-refractivity contribution in [1.29, 1.82) is 0 Å². The largest absolute Gasteiger partial charge is 0.464 e. The summed E-state index contributed by atoms with van der Waals surface area (Å²) in [4.78, 5) is 11.4. The monoisotopic (exact) mass is 260 g/mol. The van der Waals surface area contributed by atoms with Crippen molar-refractivity contribution >= 4 is 11.0 Å². The first-order valence-corrected chi connectivity index (χ1v) is 6.33. The van der Waals surface area contributed by atoms with Gasteiger partial charge in [-0.2, -0.15) is 0 Å². The van der Waals surface area contributed by atoms with E-state index in [2.05, 4.69) is 0 Å². The highest BCUT2D eigenvalue weighted by Gasteiger charge is 2.30. The van der Waals surface area contributed by atoms with Crippen molar-refractivity contribution in [2.45, 2.75) is 39.1 Å². The Balaban J connectivity index is 2.01. The maximum atomic E-state index is 11.4. The van der Waals surface area contributed by atoms with Crippen molar-refractivity contribution in [2.75, 3.05) is 0 Å². The second-order valence-corrected chi connectivity index (χ2v) is 5.70. The summed E-state index contributed by atoms with van der Waals surface area (Å²) in [6, 6.07) is 6.97. The number of benzene rings is 1. The fraction of sp³-hybridized carbons (Fsp3) is 0.400. The Morgan fingerprint density at radius 3 is 2.68 bits per heavy atom. The number of rotatable bonds is 1. The van der Waals surface area contributed by atoms with Crippen LogP contribution >= 0.6 is 0 Å². The summed E-state index contributed by atoms with van der Waals surface area (Å²) < 4.78 is 16.9. The van der Waals surface area contributed by atoms with Crippen LogP contribution in [0.15, 0.2) is 33.5 Å². The van der Waals surface area contributed by atoms with Gasteiger partial charge in [-0.15, -0.1) is 0 Å². The molecule has 100 valence electrons. The molecule has 0 amide bonds. The Labute approximate surface area is 110 Å². The fourth-order valence-electron chi connectivity index (χ4n) is 2.29. The van der Waals surface area contributed by atoms with E-state index < -0.39 is 0 Å². The molecule has 0 fully saturated rings. The van der Waals surface area contributed by atoms with E-state index in [-0.39, 0.29) is 17.5 Å². The molecular weight excluding hydrogens is 244 g/mol. The minimum absolute atomic E-state index is 0.274. The number of ether oxygens (including phenoxy) is 2. The molecule has 4 nitrogen and oxygen atoms in total. The van der Waals surface area contributed by atoms with Gasteiger partial charge in [0.2, 0.25) is 6.29 Å². The molecule has 0 saturated carbocycles. The van der Waals surface area contributed by atoms with E-state index >= 15 is 0 Å². The highest BCUT2D eigenvalue weighted by molar-refractivity contribution is 5.82. The quantitative estimate of drug-likeness (QED) is 0.740. The van der Waals surface area contributed by atoms with Crippen LogP contribution in [-0.4, -0.2) is 11.9 Å². The average molecular weight is 260 g/mol. The van der Waals surface area contributed by atoms with E-state index in [1.807, 2.05) is 32.9 Å². The van der Waals surface area contributed by atoms with E-state index in [1.54, 1.807) is 6.07 Å². The minimum Gasteiger partial charge on any atom is -0.464 e. The highest BCUT2D eigenvalue weighted by Crippen LogP contribution is 2.35. The molecule has 2 aromatic rings. The molecule has 0 radical (unpaired) electrons. The Morgan fingerprint density at radius 2 is 1.95 bits per heavy atom. The predicted molar refractivity (Wildman–Crippen MR) is 71.4 cm³/mol. The molecule has 1 aromatic heterocycles. The van der Waals surface area contributed by atoms with Crippen molar-refractivity contribution in [3.05, 3.63) is 40.2 Å². The van der Waals surface area contributed by atoms with Crippen molar-refractivity contribution in [3.8, 4) is 5.75 Å². The van der Waals surface area contributed by atoms with Crippen LogP contribution in [-0.2, 0) is 11.2 Å². The molecule has 0 bridgehead atoms. The Morgan fingerprint density at radius 1 is 1.21 bits per heavy atom. The SMILES string of the molecule is CC(C)(C)OC1Cc2c(ccc3ccc(=O)oc23)O1. The van der Waals surface area contributed by atoms with Gasteiger partial charge in [0.1, 0.15) is 11.3 Å². The van der Waals surface area contributed by atoms with E-state index in [0.29, 0.717) is 12.0 Å². The molecule has 2 heterocycles. The van der Waals surface area contributed by atoms with Gasteiger partial charge in [-0.05, 0) is 39.0 Å². The third kappa shape index (κ3) is 2.36. The summed E-state index contributed by atoms with van der Waals surface area (Å²) >= 11 is 0. The molecule has 1 atom stereocenters. The zero-order chi connectivity index (χ0) is 13.6. The van der Waals surface area contributed by atoms with Gasteiger partial charge in [0.25, 0.3) is 0 Å². The molecule has 3 rings (SSSR count). The lowest BCUT2D eigenvalue weighted by atomic mass is 10.1. The third-order valence-corrected chi connectivity index (χ3v) is 2.96. The molecule has 1 aromatic carbocycles. The smallest absolute Gasteiger partial charge is 0.336 e. The van der Waals surface area contributed by atoms with Gasteiger partial charge in [-0.3, -0.25) is 0 Å². The standard InChI is InChI=1S/C15H16O4/c1-15(2,3)19-13-8-10-11(17-13)6-4-9-5-7-12(16)18-14(9)10/h4-7,13H,8H2,1-3H3. The van der Waals surface area contributed by atoms with Gasteiger partial charge in [0.05, 0.1) is 5.60 Å². The van der Waals surface area contributed by atoms with Crippen LogP contribution in [0.3, 0.4) is 0 Å². The van der Waals surface area contributed by atoms with Crippen molar-refractivity contribution in [1.82, 2.24) is 0 Å². The Kier molecular flexibility index (Phi) is 2.64. The van der Waals surface area contributed by atoms with E-state index in [4.69, 9.17) is 13.9 Å². The van der Waals surface area contributed by atoms with Crippen LogP contribution in [0.2, 0.25) is 0 Å². The van der Waals surface area contributed by atoms with E-state index in [0.717, 1.165) is 16.7 Å². The lowest BCUT2D eigenvalue weighted by Gasteiger charge is -2.23. The molecule has 1 aliphatic heterocycles. The summed E-state index contributed by atoms with van der Waals surface area (Å²) in [7, 11) is 0. The van der Waals surface area contributed by atoms with Crippen LogP contribution < -0.4 is 10.4 Å². The second kappa shape index (κ2) is 4.10. The van der Waals surface area contributed by atoms with Gasteiger partial charge >= 0.3 is 5.63 Å². The van der Waals surface area contributed by atoms with Crippen LogP contribution in [0.1, 0.15) is 26.3 Å². The first kappa shape index (κ1) is 12.2. The van der Waals surface area contributed by atoms with Gasteiger partial charge in [-0.1, -0.05) is 0 Å². The molecule has 0 spiro atoms. The van der Waals surface area contributed by atoms with Gasteiger partial charge < -0.3 is 13.9 Å². The minimum atomic E-state index is -0.346. The number of hydrogen-bond acceptors (Lipinski definition) is 4. The Bertz CT molecular complexity index is 679. The van der Waals surface area contributed by atoms with Crippen LogP contribution in [0, 0.1) is 0 Å². The summed E-state index contributed by atoms with van der Waals surface area (Å²) in [6.07, 6.45) is 0.266. The van der Waals surface area contributed by atoms with Gasteiger partial charge in [0, 0.05) is 23.4 Å². The van der Waals surface area contributed by atoms with Crippen molar-refractivity contribution < 1.29 is 13.9 Å². The van der Waals surface area contributed by atoms with Crippen LogP contribution in [0.4, 0.5) is 0 Å². The maximum Gasteiger partial charge on any atom is 0.336 e. The second-order valence-electron chi connectivity index (χ2n) is 5.70. The first-order valence-electron chi connectivity index (χ1n) is 6.33. The number of hydrogen-bond donors (Lipinski definition) is 0. The third-order valence-electron chi connectivity index (χ3n) is 2.96. The zero-order valence-electron chi connectivity index (χ0n) is 11.2. The molecule has 1 aliphatic rings. The Hall–Kier alpha value is -1.81. The molecule has 1 unspecified atom stereocenters. The fourth-order valence-corrected chi connectivity index (χ4v) is 2.29. The topological polar surface area (TPSA) is 48.7 Å². The van der Waals surface area contributed by atoms with Crippen LogP contribution in [0.5, 0.6) is 5.75 Å². The zero-order valence-corrected chi connectivity index (χ0v) is 11.2. The summed E-state index contributed by atoms with van der Waals surface area (Å²) in [6.45, 7) is 5.95. The first-order chi connectivity index (χ1) is 8.92.